The zero-order valence-electron chi connectivity index (χ0n) is 23.3. The molecule has 4 rings (SSSR count). The number of anilines is 1. The maximum Gasteiger partial charge on any atom is 0.306 e. The maximum atomic E-state index is 13.3. The van der Waals surface area contributed by atoms with Crippen molar-refractivity contribution in [3.05, 3.63) is 41.6 Å². The van der Waals surface area contributed by atoms with Gasteiger partial charge < -0.3 is 19.5 Å². The number of piperidine rings is 1. The predicted octanol–water partition coefficient (Wildman–Crippen LogP) is 5.61. The Morgan fingerprint density at radius 1 is 1.13 bits per heavy atom. The highest BCUT2D eigenvalue weighted by atomic mass is 16.5. The average molecular weight is 524 g/mol. The van der Waals surface area contributed by atoms with Crippen LogP contribution in [0.2, 0.25) is 0 Å². The standard InChI is InChI=1S/C30H41N3O5/c1-6-30(3,4)27(34)23-9-10-24(37-5)32-28(23)33-15-12-20(13-16-33)18-38-25-17-22(11-14-31-25)26(21-7-8-21)19(2)29(35)36/h9-11,14,17,19-21,26H,6-8,12-13,15-16,18H2,1-5H3,(H,35,36)/t19-,26-/m0/s1. The molecular weight excluding hydrogens is 482 g/mol. The number of aromatic nitrogens is 2. The van der Waals surface area contributed by atoms with Gasteiger partial charge in [-0.25, -0.2) is 4.98 Å². The van der Waals surface area contributed by atoms with E-state index in [2.05, 4.69) is 14.9 Å². The van der Waals surface area contributed by atoms with E-state index in [0.29, 0.717) is 41.6 Å². The summed E-state index contributed by atoms with van der Waals surface area (Å²) in [4.78, 5) is 36.2. The largest absolute Gasteiger partial charge is 0.481 e. The molecule has 1 saturated heterocycles. The van der Waals surface area contributed by atoms with E-state index in [9.17, 15) is 14.7 Å². The van der Waals surface area contributed by atoms with Crippen LogP contribution in [0.25, 0.3) is 0 Å². The molecule has 3 heterocycles. The van der Waals surface area contributed by atoms with E-state index in [4.69, 9.17) is 9.47 Å². The lowest BCUT2D eigenvalue weighted by Gasteiger charge is -2.34. The highest BCUT2D eigenvalue weighted by molar-refractivity contribution is 6.04. The number of ether oxygens (including phenoxy) is 2. The fourth-order valence-corrected chi connectivity index (χ4v) is 5.29. The van der Waals surface area contributed by atoms with Crippen LogP contribution in [0.4, 0.5) is 5.82 Å². The van der Waals surface area contributed by atoms with Crippen LogP contribution in [0.3, 0.4) is 0 Å². The number of rotatable bonds is 12. The molecule has 2 aromatic heterocycles. The van der Waals surface area contributed by atoms with Crippen molar-refractivity contribution in [1.29, 1.82) is 0 Å². The molecule has 38 heavy (non-hydrogen) atoms. The van der Waals surface area contributed by atoms with E-state index >= 15 is 0 Å². The minimum Gasteiger partial charge on any atom is -0.481 e. The summed E-state index contributed by atoms with van der Waals surface area (Å²) < 4.78 is 11.5. The Bertz CT molecular complexity index is 1140. The monoisotopic (exact) mass is 523 g/mol. The number of carbonyl (C=O) groups excluding carboxylic acids is 1. The number of carboxylic acids is 1. The van der Waals surface area contributed by atoms with Crippen molar-refractivity contribution in [2.24, 2.45) is 23.2 Å². The van der Waals surface area contributed by atoms with Crippen molar-refractivity contribution in [2.45, 2.75) is 65.7 Å². The highest BCUT2D eigenvalue weighted by Gasteiger charge is 2.39. The fourth-order valence-electron chi connectivity index (χ4n) is 5.29. The highest BCUT2D eigenvalue weighted by Crippen LogP contribution is 2.47. The summed E-state index contributed by atoms with van der Waals surface area (Å²) in [5, 5.41) is 9.59. The minimum atomic E-state index is -0.762. The smallest absolute Gasteiger partial charge is 0.306 e. The Morgan fingerprint density at radius 2 is 1.84 bits per heavy atom. The number of pyridine rings is 2. The molecule has 0 aromatic carbocycles. The molecule has 2 fully saturated rings. The first-order chi connectivity index (χ1) is 18.1. The predicted molar refractivity (Wildman–Crippen MR) is 146 cm³/mol. The number of hydrogen-bond acceptors (Lipinski definition) is 7. The number of carboxylic acid groups (broad SMARTS) is 1. The van der Waals surface area contributed by atoms with Crippen LogP contribution in [0.5, 0.6) is 11.8 Å². The third-order valence-electron chi connectivity index (χ3n) is 8.38. The summed E-state index contributed by atoms with van der Waals surface area (Å²) in [7, 11) is 1.59. The molecule has 0 bridgehead atoms. The van der Waals surface area contributed by atoms with Crippen LogP contribution in [0.15, 0.2) is 30.5 Å². The summed E-state index contributed by atoms with van der Waals surface area (Å²) >= 11 is 0. The van der Waals surface area contributed by atoms with Gasteiger partial charge in [0.25, 0.3) is 0 Å². The Hall–Kier alpha value is -3.16. The second-order valence-corrected chi connectivity index (χ2v) is 11.5. The van der Waals surface area contributed by atoms with E-state index in [1.165, 1.54) is 0 Å². The summed E-state index contributed by atoms with van der Waals surface area (Å²) in [6, 6.07) is 7.45. The van der Waals surface area contributed by atoms with E-state index < -0.39 is 17.3 Å². The van der Waals surface area contributed by atoms with Gasteiger partial charge in [-0.1, -0.05) is 27.7 Å². The van der Waals surface area contributed by atoms with Crippen LogP contribution in [0, 0.1) is 23.2 Å². The first-order valence-electron chi connectivity index (χ1n) is 13.8. The number of aliphatic carboxylic acids is 1. The van der Waals surface area contributed by atoms with E-state index in [-0.39, 0.29) is 11.7 Å². The number of ketones is 1. The molecule has 2 atom stereocenters. The van der Waals surface area contributed by atoms with Crippen LogP contribution < -0.4 is 14.4 Å². The van der Waals surface area contributed by atoms with Gasteiger partial charge in [-0.15, -0.1) is 0 Å². The summed E-state index contributed by atoms with van der Waals surface area (Å²) in [5.41, 5.74) is 1.19. The first-order valence-corrected chi connectivity index (χ1v) is 13.8. The van der Waals surface area contributed by atoms with E-state index in [1.54, 1.807) is 26.3 Å². The van der Waals surface area contributed by atoms with Crippen molar-refractivity contribution in [2.75, 3.05) is 31.7 Å². The molecular formula is C30H41N3O5. The zero-order chi connectivity index (χ0) is 27.4. The molecule has 1 aliphatic carbocycles. The van der Waals surface area contributed by atoms with Crippen LogP contribution in [-0.4, -0.2) is 53.6 Å². The molecule has 8 nitrogen and oxygen atoms in total. The van der Waals surface area contributed by atoms with E-state index in [0.717, 1.165) is 50.8 Å². The van der Waals surface area contributed by atoms with Crippen LogP contribution >= 0.6 is 0 Å². The molecule has 0 amide bonds. The summed E-state index contributed by atoms with van der Waals surface area (Å²) in [6.07, 6.45) is 6.44. The second kappa shape index (κ2) is 11.7. The molecule has 8 heteroatoms. The van der Waals surface area contributed by atoms with Gasteiger partial charge in [0.05, 0.1) is 25.2 Å². The molecule has 0 unspecified atom stereocenters. The number of methoxy groups -OCH3 is 1. The van der Waals surface area contributed by atoms with Gasteiger partial charge in [0, 0.05) is 36.8 Å². The molecule has 1 aliphatic heterocycles. The van der Waals surface area contributed by atoms with Crippen LogP contribution in [0.1, 0.15) is 81.6 Å². The van der Waals surface area contributed by atoms with Crippen molar-refractivity contribution in [3.8, 4) is 11.8 Å². The number of Topliss-reactive ketones (excluding diaryl/α,β-unsaturated/α-hetero) is 1. The van der Waals surface area contributed by atoms with Gasteiger partial charge >= 0.3 is 5.97 Å². The van der Waals surface area contributed by atoms with Gasteiger partial charge in [0.1, 0.15) is 5.82 Å². The normalized spacial score (nSPS) is 18.1. The quantitative estimate of drug-likeness (QED) is 0.358. The lowest BCUT2D eigenvalue weighted by molar-refractivity contribution is -0.142. The van der Waals surface area contributed by atoms with Crippen molar-refractivity contribution in [1.82, 2.24) is 9.97 Å². The van der Waals surface area contributed by atoms with Crippen molar-refractivity contribution >= 4 is 17.6 Å². The maximum absolute atomic E-state index is 13.3. The Labute approximate surface area is 225 Å². The fraction of sp³-hybridized carbons (Fsp3) is 0.600. The number of hydrogen-bond donors (Lipinski definition) is 1. The third kappa shape index (κ3) is 6.27. The van der Waals surface area contributed by atoms with Gasteiger partial charge in [-0.2, -0.15) is 4.98 Å². The second-order valence-electron chi connectivity index (χ2n) is 11.5. The number of carbonyl (C=O) groups is 2. The van der Waals surface area contributed by atoms with Gasteiger partial charge in [-0.3, -0.25) is 9.59 Å². The van der Waals surface area contributed by atoms with Gasteiger partial charge in [0.2, 0.25) is 11.8 Å². The van der Waals surface area contributed by atoms with Crippen LogP contribution in [-0.2, 0) is 4.79 Å². The Kier molecular flexibility index (Phi) is 8.58. The first kappa shape index (κ1) is 27.9. The lowest BCUT2D eigenvalue weighted by atomic mass is 9.82. The topological polar surface area (TPSA) is 102 Å². The Balaban J connectivity index is 1.39. The third-order valence-corrected chi connectivity index (χ3v) is 8.38. The molecule has 2 aliphatic rings. The molecule has 2 aromatic rings. The average Bonchev–Trinajstić information content (AvgIpc) is 3.77. The van der Waals surface area contributed by atoms with Gasteiger partial charge in [-0.05, 0) is 67.6 Å². The minimum absolute atomic E-state index is 0.00829. The number of nitrogens with zero attached hydrogens (tertiary/aromatic N) is 3. The van der Waals surface area contributed by atoms with Crippen molar-refractivity contribution < 1.29 is 24.2 Å². The zero-order valence-corrected chi connectivity index (χ0v) is 23.3. The SMILES string of the molecule is CCC(C)(C)C(=O)c1ccc(OC)nc1N1CCC(COc2cc([C@H](C3CC3)[C@H](C)C(=O)O)ccn2)CC1. The summed E-state index contributed by atoms with van der Waals surface area (Å²) in [6.45, 7) is 9.87. The molecule has 0 spiro atoms. The molecule has 206 valence electrons. The molecule has 1 saturated carbocycles. The Morgan fingerprint density at radius 3 is 2.45 bits per heavy atom. The molecule has 1 N–H and O–H groups in total. The lowest BCUT2D eigenvalue weighted by Crippen LogP contribution is -2.37. The molecule has 0 radical (unpaired) electrons. The summed E-state index contributed by atoms with van der Waals surface area (Å²) in [5.74, 6) is 1.42. The van der Waals surface area contributed by atoms with Crippen molar-refractivity contribution in [3.63, 3.8) is 0 Å². The van der Waals surface area contributed by atoms with Gasteiger partial charge in [0.15, 0.2) is 5.78 Å². The van der Waals surface area contributed by atoms with E-state index in [1.807, 2.05) is 39.0 Å².